The second-order valence-electron chi connectivity index (χ2n) is 6.35. The molecule has 1 fully saturated rings. The number of benzene rings is 2. The van der Waals surface area contributed by atoms with Crippen molar-refractivity contribution in [3.05, 3.63) is 77.2 Å². The van der Waals surface area contributed by atoms with E-state index in [9.17, 15) is 9.18 Å². The van der Waals surface area contributed by atoms with Crippen LogP contribution in [0, 0.1) is 5.82 Å². The van der Waals surface area contributed by atoms with Crippen molar-refractivity contribution < 1.29 is 9.18 Å². The number of nitrogens with zero attached hydrogens (tertiary/aromatic N) is 1. The Hall–Kier alpha value is -2.38. The molecular weight excluding hydrogens is 301 g/mol. The zero-order valence-electron chi connectivity index (χ0n) is 13.7. The Morgan fingerprint density at radius 2 is 1.71 bits per heavy atom. The molecule has 124 valence electrons. The SMILES string of the molecule is O=C=C(CCc1ccc(F)cc1)N1CCC(c2ccccc2)CC1. The monoisotopic (exact) mass is 323 g/mol. The number of likely N-dealkylation sites (tertiary alicyclic amines) is 1. The van der Waals surface area contributed by atoms with Gasteiger partial charge in [-0.3, -0.25) is 0 Å². The molecule has 0 N–H and O–H groups in total. The van der Waals surface area contributed by atoms with Crippen LogP contribution in [0.2, 0.25) is 0 Å². The van der Waals surface area contributed by atoms with E-state index < -0.39 is 0 Å². The van der Waals surface area contributed by atoms with Crippen molar-refractivity contribution >= 4 is 5.94 Å². The summed E-state index contributed by atoms with van der Waals surface area (Å²) < 4.78 is 12.9. The predicted molar refractivity (Wildman–Crippen MR) is 93.9 cm³/mol. The molecule has 0 spiro atoms. The van der Waals surface area contributed by atoms with Crippen LogP contribution < -0.4 is 0 Å². The topological polar surface area (TPSA) is 20.3 Å². The molecule has 2 aromatic carbocycles. The van der Waals surface area contributed by atoms with Crippen LogP contribution in [0.15, 0.2) is 60.3 Å². The van der Waals surface area contributed by atoms with Gasteiger partial charge in [-0.2, -0.15) is 0 Å². The molecule has 1 saturated heterocycles. The van der Waals surface area contributed by atoms with Crippen molar-refractivity contribution in [2.24, 2.45) is 0 Å². The third-order valence-corrected chi connectivity index (χ3v) is 4.83. The van der Waals surface area contributed by atoms with Gasteiger partial charge in [-0.15, -0.1) is 0 Å². The maximum atomic E-state index is 12.9. The molecule has 3 rings (SSSR count). The average Bonchev–Trinajstić information content (AvgIpc) is 2.65. The summed E-state index contributed by atoms with van der Waals surface area (Å²) in [5, 5.41) is 0. The first-order chi connectivity index (χ1) is 11.8. The lowest BCUT2D eigenvalue weighted by Crippen LogP contribution is -2.32. The van der Waals surface area contributed by atoms with Gasteiger partial charge in [-0.25, -0.2) is 9.18 Å². The lowest BCUT2D eigenvalue weighted by Gasteiger charge is -2.34. The fourth-order valence-corrected chi connectivity index (χ4v) is 3.40. The lowest BCUT2D eigenvalue weighted by atomic mass is 9.89. The molecule has 1 heterocycles. The molecule has 2 aromatic rings. The van der Waals surface area contributed by atoms with Crippen molar-refractivity contribution in [1.82, 2.24) is 4.90 Å². The van der Waals surface area contributed by atoms with Gasteiger partial charge in [0.2, 0.25) is 0 Å². The lowest BCUT2D eigenvalue weighted by molar-refractivity contribution is 0.257. The first-order valence-electron chi connectivity index (χ1n) is 8.54. The molecule has 0 aliphatic carbocycles. The van der Waals surface area contributed by atoms with Crippen molar-refractivity contribution in [3.63, 3.8) is 0 Å². The zero-order valence-corrected chi connectivity index (χ0v) is 13.7. The third-order valence-electron chi connectivity index (χ3n) is 4.83. The summed E-state index contributed by atoms with van der Waals surface area (Å²) in [6.45, 7) is 1.79. The van der Waals surface area contributed by atoms with Gasteiger partial charge in [0.05, 0.1) is 5.70 Å². The summed E-state index contributed by atoms with van der Waals surface area (Å²) in [6.07, 6.45) is 3.52. The highest BCUT2D eigenvalue weighted by Gasteiger charge is 2.22. The Balaban J connectivity index is 1.54. The molecule has 0 bridgehead atoms. The number of hydrogen-bond acceptors (Lipinski definition) is 2. The molecule has 0 atom stereocenters. The Morgan fingerprint density at radius 3 is 2.33 bits per heavy atom. The highest BCUT2D eigenvalue weighted by molar-refractivity contribution is 5.51. The van der Waals surface area contributed by atoms with Crippen LogP contribution in [0.1, 0.15) is 36.3 Å². The molecule has 24 heavy (non-hydrogen) atoms. The van der Waals surface area contributed by atoms with Crippen LogP contribution in [0.5, 0.6) is 0 Å². The highest BCUT2D eigenvalue weighted by Crippen LogP contribution is 2.29. The van der Waals surface area contributed by atoms with Crippen molar-refractivity contribution in [3.8, 4) is 0 Å². The molecule has 0 unspecified atom stereocenters. The Kier molecular flexibility index (Phi) is 5.45. The minimum absolute atomic E-state index is 0.229. The fraction of sp³-hybridized carbons (Fsp3) is 0.333. The summed E-state index contributed by atoms with van der Waals surface area (Å²) in [5.41, 5.74) is 3.18. The fourth-order valence-electron chi connectivity index (χ4n) is 3.40. The number of aryl methyl sites for hydroxylation is 1. The number of hydrogen-bond donors (Lipinski definition) is 0. The van der Waals surface area contributed by atoms with E-state index in [1.165, 1.54) is 17.7 Å². The van der Waals surface area contributed by atoms with E-state index in [1.54, 1.807) is 12.1 Å². The van der Waals surface area contributed by atoms with Crippen LogP contribution in [0.3, 0.4) is 0 Å². The second-order valence-corrected chi connectivity index (χ2v) is 6.35. The van der Waals surface area contributed by atoms with Gasteiger partial charge in [0, 0.05) is 19.5 Å². The highest BCUT2D eigenvalue weighted by atomic mass is 19.1. The van der Waals surface area contributed by atoms with Crippen LogP contribution in [0.4, 0.5) is 4.39 Å². The Labute approximate surface area is 142 Å². The molecule has 0 amide bonds. The Bertz CT molecular complexity index is 696. The molecule has 2 nitrogen and oxygen atoms in total. The van der Waals surface area contributed by atoms with E-state index in [-0.39, 0.29) is 5.82 Å². The predicted octanol–water partition coefficient (Wildman–Crippen LogP) is 4.35. The van der Waals surface area contributed by atoms with E-state index in [4.69, 9.17) is 0 Å². The number of piperidine rings is 1. The van der Waals surface area contributed by atoms with Crippen molar-refractivity contribution in [2.75, 3.05) is 13.1 Å². The molecule has 0 aromatic heterocycles. The zero-order chi connectivity index (χ0) is 16.8. The second kappa shape index (κ2) is 7.94. The molecular formula is C21H22FNO. The summed E-state index contributed by atoms with van der Waals surface area (Å²) in [4.78, 5) is 13.5. The summed E-state index contributed by atoms with van der Waals surface area (Å²) in [7, 11) is 0. The molecule has 0 radical (unpaired) electrons. The minimum Gasteiger partial charge on any atom is -0.366 e. The van der Waals surface area contributed by atoms with Crippen molar-refractivity contribution in [2.45, 2.75) is 31.6 Å². The molecule has 3 heteroatoms. The summed E-state index contributed by atoms with van der Waals surface area (Å²) in [5.74, 6) is 2.47. The van der Waals surface area contributed by atoms with E-state index >= 15 is 0 Å². The van der Waals surface area contributed by atoms with Gasteiger partial charge < -0.3 is 4.90 Å². The largest absolute Gasteiger partial charge is 0.366 e. The normalized spacial score (nSPS) is 15.1. The van der Waals surface area contributed by atoms with E-state index in [1.807, 2.05) is 6.07 Å². The van der Waals surface area contributed by atoms with Gasteiger partial charge in [0.15, 0.2) is 0 Å². The summed E-state index contributed by atoms with van der Waals surface area (Å²) >= 11 is 0. The van der Waals surface area contributed by atoms with E-state index in [0.29, 0.717) is 12.3 Å². The maximum Gasteiger partial charge on any atom is 0.145 e. The Morgan fingerprint density at radius 1 is 1.04 bits per heavy atom. The number of halogens is 1. The standard InChI is InChI=1S/C21H22FNO/c22-20-9-6-17(7-10-20)8-11-21(16-24)23-14-12-19(13-15-23)18-4-2-1-3-5-18/h1-7,9-10,19H,8,11-15H2. The number of rotatable bonds is 5. The number of allylic oxidation sites excluding steroid dienone is 1. The summed E-state index contributed by atoms with van der Waals surface area (Å²) in [6, 6.07) is 17.1. The van der Waals surface area contributed by atoms with Crippen molar-refractivity contribution in [1.29, 1.82) is 0 Å². The van der Waals surface area contributed by atoms with Gasteiger partial charge in [-0.05, 0) is 48.4 Å². The number of carbonyl (C=O) groups excluding carboxylic acids is 1. The van der Waals surface area contributed by atoms with E-state index in [2.05, 4.69) is 35.1 Å². The van der Waals surface area contributed by atoms with Gasteiger partial charge >= 0.3 is 0 Å². The van der Waals surface area contributed by atoms with E-state index in [0.717, 1.165) is 43.6 Å². The minimum atomic E-state index is -0.229. The first-order valence-corrected chi connectivity index (χ1v) is 8.54. The van der Waals surface area contributed by atoms with Gasteiger partial charge in [0.1, 0.15) is 11.8 Å². The smallest absolute Gasteiger partial charge is 0.145 e. The molecule has 1 aliphatic rings. The molecule has 0 saturated carbocycles. The van der Waals surface area contributed by atoms with Gasteiger partial charge in [-0.1, -0.05) is 42.5 Å². The van der Waals surface area contributed by atoms with Crippen LogP contribution in [-0.2, 0) is 11.2 Å². The van der Waals surface area contributed by atoms with Gasteiger partial charge in [0.25, 0.3) is 0 Å². The maximum absolute atomic E-state index is 12.9. The molecule has 1 aliphatic heterocycles. The first kappa shape index (κ1) is 16.5. The third kappa shape index (κ3) is 4.12. The van der Waals surface area contributed by atoms with Crippen LogP contribution in [0.25, 0.3) is 0 Å². The van der Waals surface area contributed by atoms with Crippen LogP contribution in [-0.4, -0.2) is 23.9 Å². The van der Waals surface area contributed by atoms with Crippen LogP contribution >= 0.6 is 0 Å². The quantitative estimate of drug-likeness (QED) is 0.762. The average molecular weight is 323 g/mol.